The summed E-state index contributed by atoms with van der Waals surface area (Å²) in [6.45, 7) is 9.22. The van der Waals surface area contributed by atoms with E-state index in [1.54, 1.807) is 0 Å². The van der Waals surface area contributed by atoms with Gasteiger partial charge in [-0.3, -0.25) is 0 Å². The topological polar surface area (TPSA) is 76.8 Å². The first kappa shape index (κ1) is 24.3. The number of aliphatic imine (C=N–C) groups is 1. The molecule has 2 aliphatic rings. The molecule has 2 aliphatic heterocycles. The van der Waals surface area contributed by atoms with E-state index in [0.29, 0.717) is 18.8 Å². The predicted octanol–water partition coefficient (Wildman–Crippen LogP) is 2.65. The van der Waals surface area contributed by atoms with Crippen LogP contribution in [0.4, 0.5) is 0 Å². The second kappa shape index (κ2) is 12.7. The minimum Gasteiger partial charge on any atom is -0.376 e. The molecular formula is C20H37IN6O2. The Morgan fingerprint density at radius 2 is 2.07 bits per heavy atom. The van der Waals surface area contributed by atoms with Crippen molar-refractivity contribution in [2.75, 3.05) is 32.8 Å². The van der Waals surface area contributed by atoms with Crippen molar-refractivity contribution in [2.24, 2.45) is 12.0 Å². The average Bonchev–Trinajstić information content (AvgIpc) is 3.34. The van der Waals surface area contributed by atoms with Gasteiger partial charge in [-0.15, -0.1) is 34.2 Å². The zero-order valence-corrected chi connectivity index (χ0v) is 20.4. The lowest BCUT2D eigenvalue weighted by molar-refractivity contribution is -0.0367. The maximum Gasteiger partial charge on any atom is 0.194 e. The van der Waals surface area contributed by atoms with Crippen LogP contribution in [0, 0.1) is 6.92 Å². The van der Waals surface area contributed by atoms with Crippen LogP contribution in [0.3, 0.4) is 0 Å². The molecule has 0 aliphatic carbocycles. The summed E-state index contributed by atoms with van der Waals surface area (Å²) in [5, 5.41) is 11.9. The predicted molar refractivity (Wildman–Crippen MR) is 125 cm³/mol. The number of guanidine groups is 1. The van der Waals surface area contributed by atoms with Crippen molar-refractivity contribution in [1.29, 1.82) is 0 Å². The number of aromatic nitrogens is 3. The molecule has 0 amide bonds. The summed E-state index contributed by atoms with van der Waals surface area (Å²) < 4.78 is 13.8. The Kier molecular flexibility index (Phi) is 10.6. The van der Waals surface area contributed by atoms with Crippen molar-refractivity contribution >= 4 is 29.9 Å². The van der Waals surface area contributed by atoms with Gasteiger partial charge in [0.2, 0.25) is 0 Å². The molecular weight excluding hydrogens is 483 g/mol. The van der Waals surface area contributed by atoms with Crippen molar-refractivity contribution < 1.29 is 9.47 Å². The van der Waals surface area contributed by atoms with Crippen LogP contribution >= 0.6 is 24.0 Å². The van der Waals surface area contributed by atoms with Crippen LogP contribution in [0.2, 0.25) is 0 Å². The molecule has 1 aromatic heterocycles. The van der Waals surface area contributed by atoms with Gasteiger partial charge in [0.15, 0.2) is 11.8 Å². The van der Waals surface area contributed by atoms with Gasteiger partial charge in [-0.25, -0.2) is 4.99 Å². The molecule has 1 N–H and O–H groups in total. The molecule has 166 valence electrons. The third-order valence-electron chi connectivity index (χ3n) is 5.65. The van der Waals surface area contributed by atoms with Crippen LogP contribution in [0.25, 0.3) is 0 Å². The largest absolute Gasteiger partial charge is 0.376 e. The fraction of sp³-hybridized carbons (Fsp3) is 0.850. The SMILES string of the molecule is CCCCNC(=NCc1nnc(C)n1C)N1CCC(OCC2CCCO2)CC1.I. The van der Waals surface area contributed by atoms with Gasteiger partial charge in [0, 0.05) is 33.3 Å². The van der Waals surface area contributed by atoms with Crippen LogP contribution in [-0.2, 0) is 23.1 Å². The lowest BCUT2D eigenvalue weighted by Crippen LogP contribution is -2.47. The fourth-order valence-corrected chi connectivity index (χ4v) is 3.63. The molecule has 29 heavy (non-hydrogen) atoms. The van der Waals surface area contributed by atoms with Gasteiger partial charge < -0.3 is 24.3 Å². The van der Waals surface area contributed by atoms with E-state index < -0.39 is 0 Å². The highest BCUT2D eigenvalue weighted by atomic mass is 127. The highest BCUT2D eigenvalue weighted by Crippen LogP contribution is 2.18. The number of ether oxygens (including phenoxy) is 2. The van der Waals surface area contributed by atoms with E-state index in [9.17, 15) is 0 Å². The van der Waals surface area contributed by atoms with E-state index in [1.165, 1.54) is 12.8 Å². The molecule has 0 bridgehead atoms. The van der Waals surface area contributed by atoms with Gasteiger partial charge in [-0.2, -0.15) is 0 Å². The molecule has 3 heterocycles. The van der Waals surface area contributed by atoms with Gasteiger partial charge in [0.1, 0.15) is 12.4 Å². The second-order valence-electron chi connectivity index (χ2n) is 7.80. The second-order valence-corrected chi connectivity index (χ2v) is 7.80. The summed E-state index contributed by atoms with van der Waals surface area (Å²) in [6.07, 6.45) is 7.32. The van der Waals surface area contributed by atoms with E-state index in [2.05, 4.69) is 27.3 Å². The van der Waals surface area contributed by atoms with Crippen molar-refractivity contribution in [3.63, 3.8) is 0 Å². The zero-order chi connectivity index (χ0) is 19.8. The molecule has 2 fully saturated rings. The molecule has 1 atom stereocenters. The molecule has 2 saturated heterocycles. The average molecular weight is 520 g/mol. The van der Waals surface area contributed by atoms with Crippen LogP contribution in [0.5, 0.6) is 0 Å². The molecule has 8 nitrogen and oxygen atoms in total. The Labute approximate surface area is 191 Å². The van der Waals surface area contributed by atoms with Gasteiger partial charge in [-0.1, -0.05) is 13.3 Å². The number of aryl methyl sites for hydroxylation is 1. The van der Waals surface area contributed by atoms with Crippen molar-refractivity contribution in [3.8, 4) is 0 Å². The van der Waals surface area contributed by atoms with Gasteiger partial charge in [-0.05, 0) is 39.0 Å². The quantitative estimate of drug-likeness (QED) is 0.246. The lowest BCUT2D eigenvalue weighted by atomic mass is 10.1. The summed E-state index contributed by atoms with van der Waals surface area (Å²) in [7, 11) is 1.99. The number of nitrogens with one attached hydrogen (secondary N) is 1. The third-order valence-corrected chi connectivity index (χ3v) is 5.65. The Morgan fingerprint density at radius 3 is 2.69 bits per heavy atom. The number of rotatable bonds is 8. The molecule has 0 spiro atoms. The number of hydrogen-bond donors (Lipinski definition) is 1. The summed E-state index contributed by atoms with van der Waals surface area (Å²) in [5.74, 6) is 2.78. The van der Waals surface area contributed by atoms with Gasteiger partial charge >= 0.3 is 0 Å². The number of hydrogen-bond acceptors (Lipinski definition) is 5. The first-order chi connectivity index (χ1) is 13.7. The van der Waals surface area contributed by atoms with E-state index >= 15 is 0 Å². The number of likely N-dealkylation sites (tertiary alicyclic amines) is 1. The van der Waals surface area contributed by atoms with E-state index in [0.717, 1.165) is 76.1 Å². The maximum atomic E-state index is 6.11. The van der Waals surface area contributed by atoms with Crippen LogP contribution in [0.15, 0.2) is 4.99 Å². The van der Waals surface area contributed by atoms with Crippen molar-refractivity contribution in [2.45, 2.75) is 71.1 Å². The summed E-state index contributed by atoms with van der Waals surface area (Å²) in [5.41, 5.74) is 0. The van der Waals surface area contributed by atoms with E-state index in [-0.39, 0.29) is 24.0 Å². The maximum absolute atomic E-state index is 6.11. The number of piperidine rings is 1. The number of unbranched alkanes of at least 4 members (excludes halogenated alkanes) is 1. The third kappa shape index (κ3) is 7.36. The lowest BCUT2D eigenvalue weighted by Gasteiger charge is -2.34. The van der Waals surface area contributed by atoms with Crippen molar-refractivity contribution in [3.05, 3.63) is 11.6 Å². The summed E-state index contributed by atoms with van der Waals surface area (Å²) >= 11 is 0. The normalized spacial score (nSPS) is 20.7. The van der Waals surface area contributed by atoms with Gasteiger partial charge in [0.05, 0.1) is 18.8 Å². The van der Waals surface area contributed by atoms with E-state index in [4.69, 9.17) is 14.5 Å². The molecule has 1 unspecified atom stereocenters. The number of nitrogens with zero attached hydrogens (tertiary/aromatic N) is 5. The summed E-state index contributed by atoms with van der Waals surface area (Å²) in [6, 6.07) is 0. The fourth-order valence-electron chi connectivity index (χ4n) is 3.63. The molecule has 9 heteroatoms. The molecule has 0 radical (unpaired) electrons. The zero-order valence-electron chi connectivity index (χ0n) is 18.1. The molecule has 1 aromatic rings. The highest BCUT2D eigenvalue weighted by Gasteiger charge is 2.24. The summed E-state index contributed by atoms with van der Waals surface area (Å²) in [4.78, 5) is 7.20. The standard InChI is InChI=1S/C20H36N6O2.HI/c1-4-5-10-21-20(22-14-19-24-23-16(2)25(19)3)26-11-8-17(9-12-26)28-15-18-7-6-13-27-18;/h17-18H,4-15H2,1-3H3,(H,21,22);1H. The van der Waals surface area contributed by atoms with Crippen LogP contribution in [-0.4, -0.2) is 70.7 Å². The van der Waals surface area contributed by atoms with Crippen LogP contribution in [0.1, 0.15) is 57.1 Å². The monoisotopic (exact) mass is 520 g/mol. The van der Waals surface area contributed by atoms with Gasteiger partial charge in [0.25, 0.3) is 0 Å². The van der Waals surface area contributed by atoms with Crippen LogP contribution < -0.4 is 5.32 Å². The Morgan fingerprint density at radius 1 is 1.28 bits per heavy atom. The van der Waals surface area contributed by atoms with E-state index in [1.807, 2.05) is 18.5 Å². The molecule has 0 aromatic carbocycles. The Balaban J connectivity index is 0.00000300. The minimum atomic E-state index is 0. The Bertz CT molecular complexity index is 624. The van der Waals surface area contributed by atoms with Crippen molar-refractivity contribution in [1.82, 2.24) is 25.0 Å². The Hall–Kier alpha value is -0.940. The number of halogens is 1. The first-order valence-corrected chi connectivity index (χ1v) is 10.8. The molecule has 0 saturated carbocycles. The minimum absolute atomic E-state index is 0. The highest BCUT2D eigenvalue weighted by molar-refractivity contribution is 14.0. The first-order valence-electron chi connectivity index (χ1n) is 10.8. The smallest absolute Gasteiger partial charge is 0.194 e. The molecule has 3 rings (SSSR count).